The maximum absolute atomic E-state index is 11.6. The highest BCUT2D eigenvalue weighted by Crippen LogP contribution is 2.30. The van der Waals surface area contributed by atoms with Crippen molar-refractivity contribution in [2.45, 2.75) is 24.4 Å². The molecule has 2 fully saturated rings. The Morgan fingerprint density at radius 2 is 1.40 bits per heavy atom. The monoisotopic (exact) mass is 374 g/mol. The Labute approximate surface area is 145 Å². The summed E-state index contributed by atoms with van der Waals surface area (Å²) >= 11 is 0.418. The summed E-state index contributed by atoms with van der Waals surface area (Å²) in [5.41, 5.74) is 0. The molecule has 2 aliphatic rings. The first kappa shape index (κ1) is 19.0. The van der Waals surface area contributed by atoms with Crippen molar-refractivity contribution in [1.29, 1.82) is 0 Å². The third kappa shape index (κ3) is 5.59. The summed E-state index contributed by atoms with van der Waals surface area (Å²) in [6.45, 7) is 0.0424. The van der Waals surface area contributed by atoms with Crippen LogP contribution >= 0.6 is 11.8 Å². The van der Waals surface area contributed by atoms with Crippen LogP contribution in [0.5, 0.6) is 0 Å². The maximum atomic E-state index is 11.6. The molecule has 0 aromatic rings. The Bertz CT molecular complexity index is 613. The number of fused-ring (bicyclic) bond motifs is 1. The lowest BCUT2D eigenvalue weighted by atomic mass is 10.1. The molecule has 2 aliphatic heterocycles. The van der Waals surface area contributed by atoms with Gasteiger partial charge in [-0.2, -0.15) is 0 Å². The van der Waals surface area contributed by atoms with Gasteiger partial charge in [0.15, 0.2) is 12.2 Å². The number of ether oxygens (including phenoxy) is 4. The molecule has 0 amide bonds. The summed E-state index contributed by atoms with van der Waals surface area (Å²) in [6, 6.07) is 0. The van der Waals surface area contributed by atoms with Gasteiger partial charge in [0.1, 0.15) is 12.2 Å². The molecule has 2 saturated heterocycles. The average molecular weight is 374 g/mol. The van der Waals surface area contributed by atoms with Crippen molar-refractivity contribution < 1.29 is 48.3 Å². The van der Waals surface area contributed by atoms with Crippen LogP contribution in [0.4, 0.5) is 4.79 Å². The SMILES string of the molecule is O=C(O)/C=C\C(=O)O[C@@H]1CO[C@H]2[C@@H]1OC[C@H]2OC(=O)/C=C\SC(=O)O. The number of carbonyl (C=O) groups is 4. The highest BCUT2D eigenvalue weighted by Gasteiger charge is 2.50. The number of carboxylic acids is 1. The Morgan fingerprint density at radius 3 is 1.88 bits per heavy atom. The number of aliphatic carboxylic acids is 1. The van der Waals surface area contributed by atoms with Crippen molar-refractivity contribution >= 4 is 35.0 Å². The molecule has 0 radical (unpaired) electrons. The molecular formula is C14H14O10S. The largest absolute Gasteiger partial charge is 0.478 e. The molecule has 2 N–H and O–H groups in total. The Hall–Kier alpha value is -2.37. The van der Waals surface area contributed by atoms with E-state index in [1.807, 2.05) is 0 Å². The van der Waals surface area contributed by atoms with Crippen LogP contribution in [-0.4, -0.2) is 71.1 Å². The third-order valence-electron chi connectivity index (χ3n) is 3.23. The summed E-state index contributed by atoms with van der Waals surface area (Å²) in [5, 5.41) is 16.8. The summed E-state index contributed by atoms with van der Waals surface area (Å²) in [5.74, 6) is -2.89. The molecule has 10 nitrogen and oxygen atoms in total. The van der Waals surface area contributed by atoms with E-state index >= 15 is 0 Å². The fourth-order valence-electron chi connectivity index (χ4n) is 2.30. The van der Waals surface area contributed by atoms with Crippen LogP contribution in [0, 0.1) is 0 Å². The van der Waals surface area contributed by atoms with Gasteiger partial charge in [-0.25, -0.2) is 19.2 Å². The van der Waals surface area contributed by atoms with Gasteiger partial charge in [-0.3, -0.25) is 0 Å². The van der Waals surface area contributed by atoms with Gasteiger partial charge in [0.2, 0.25) is 0 Å². The molecular weight excluding hydrogens is 360 g/mol. The molecule has 2 rings (SSSR count). The highest BCUT2D eigenvalue weighted by atomic mass is 32.2. The second-order valence-corrected chi connectivity index (χ2v) is 5.76. The molecule has 25 heavy (non-hydrogen) atoms. The minimum Gasteiger partial charge on any atom is -0.478 e. The Kier molecular flexibility index (Phi) is 6.56. The highest BCUT2D eigenvalue weighted by molar-refractivity contribution is 8.15. The van der Waals surface area contributed by atoms with Crippen LogP contribution < -0.4 is 0 Å². The number of carbonyl (C=O) groups excluding carboxylic acids is 2. The lowest BCUT2D eigenvalue weighted by Gasteiger charge is -2.16. The fraction of sp³-hybridized carbons (Fsp3) is 0.429. The van der Waals surface area contributed by atoms with Gasteiger partial charge in [0, 0.05) is 18.2 Å². The number of hydrogen-bond donors (Lipinski definition) is 2. The number of esters is 2. The first-order valence-electron chi connectivity index (χ1n) is 6.98. The minimum absolute atomic E-state index is 0.0146. The minimum atomic E-state index is -1.28. The molecule has 0 saturated carbocycles. The average Bonchev–Trinajstić information content (AvgIpc) is 3.09. The number of carboxylic acid groups (broad SMARTS) is 2. The number of hydrogen-bond acceptors (Lipinski definition) is 9. The first-order chi connectivity index (χ1) is 11.9. The van der Waals surface area contributed by atoms with Gasteiger partial charge in [0.25, 0.3) is 0 Å². The smallest absolute Gasteiger partial charge is 0.369 e. The van der Waals surface area contributed by atoms with Gasteiger partial charge in [-0.1, -0.05) is 0 Å². The molecule has 136 valence electrons. The van der Waals surface area contributed by atoms with Crippen LogP contribution in [0.25, 0.3) is 0 Å². The predicted octanol–water partition coefficient (Wildman–Crippen LogP) is 0.173. The third-order valence-corrected chi connectivity index (χ3v) is 3.71. The topological polar surface area (TPSA) is 146 Å². The van der Waals surface area contributed by atoms with E-state index in [0.29, 0.717) is 17.8 Å². The van der Waals surface area contributed by atoms with E-state index < -0.39 is 47.6 Å². The van der Waals surface area contributed by atoms with E-state index in [4.69, 9.17) is 29.2 Å². The molecule has 0 aromatic heterocycles. The van der Waals surface area contributed by atoms with Gasteiger partial charge in [-0.15, -0.1) is 0 Å². The van der Waals surface area contributed by atoms with Crippen molar-refractivity contribution in [3.05, 3.63) is 23.6 Å². The van der Waals surface area contributed by atoms with Crippen LogP contribution in [-0.2, 0) is 33.3 Å². The van der Waals surface area contributed by atoms with Crippen molar-refractivity contribution in [3.63, 3.8) is 0 Å². The van der Waals surface area contributed by atoms with Gasteiger partial charge >= 0.3 is 23.2 Å². The van der Waals surface area contributed by atoms with Crippen LogP contribution in [0.2, 0.25) is 0 Å². The summed E-state index contributed by atoms with van der Waals surface area (Å²) in [7, 11) is 0. The predicted molar refractivity (Wildman–Crippen MR) is 80.8 cm³/mol. The zero-order valence-electron chi connectivity index (χ0n) is 12.6. The van der Waals surface area contributed by atoms with E-state index in [0.717, 1.165) is 17.6 Å². The Balaban J connectivity index is 1.84. The molecule has 0 aromatic carbocycles. The van der Waals surface area contributed by atoms with E-state index in [1.165, 1.54) is 0 Å². The van der Waals surface area contributed by atoms with E-state index in [1.54, 1.807) is 0 Å². The zero-order chi connectivity index (χ0) is 18.4. The van der Waals surface area contributed by atoms with Gasteiger partial charge in [-0.05, 0) is 17.2 Å². The quantitative estimate of drug-likeness (QED) is 0.484. The molecule has 4 atom stereocenters. The second-order valence-electron chi connectivity index (χ2n) is 4.90. The van der Waals surface area contributed by atoms with Crippen molar-refractivity contribution in [2.75, 3.05) is 13.2 Å². The van der Waals surface area contributed by atoms with Crippen molar-refractivity contribution in [2.24, 2.45) is 0 Å². The molecule has 11 heteroatoms. The van der Waals surface area contributed by atoms with Crippen LogP contribution in [0.3, 0.4) is 0 Å². The van der Waals surface area contributed by atoms with E-state index in [-0.39, 0.29) is 13.2 Å². The van der Waals surface area contributed by atoms with E-state index in [9.17, 15) is 19.2 Å². The van der Waals surface area contributed by atoms with Crippen LogP contribution in [0.1, 0.15) is 0 Å². The van der Waals surface area contributed by atoms with Gasteiger partial charge < -0.3 is 29.2 Å². The summed E-state index contributed by atoms with van der Waals surface area (Å²) in [6.07, 6.45) is -0.365. The lowest BCUT2D eigenvalue weighted by molar-refractivity contribution is -0.149. The zero-order valence-corrected chi connectivity index (χ0v) is 13.4. The second kappa shape index (κ2) is 8.65. The van der Waals surface area contributed by atoms with Crippen molar-refractivity contribution in [3.8, 4) is 0 Å². The lowest BCUT2D eigenvalue weighted by Crippen LogP contribution is -2.35. The molecule has 0 aliphatic carbocycles. The summed E-state index contributed by atoms with van der Waals surface area (Å²) < 4.78 is 21.0. The van der Waals surface area contributed by atoms with E-state index in [2.05, 4.69) is 0 Å². The summed E-state index contributed by atoms with van der Waals surface area (Å²) in [4.78, 5) is 43.8. The van der Waals surface area contributed by atoms with Gasteiger partial charge in [0.05, 0.1) is 13.2 Å². The maximum Gasteiger partial charge on any atom is 0.369 e. The number of rotatable bonds is 6. The standard InChI is InChI=1S/C14H14O10S/c15-9(16)1-2-10(17)23-7-5-21-13-8(6-22-12(7)13)24-11(18)3-4-25-14(19)20/h1-4,7-8,12-13H,5-6H2,(H,15,16)(H,19,20)/b2-1-,4-3-/t7-,8-,12-,13-/m1/s1. The molecule has 2 heterocycles. The molecule has 0 unspecified atom stereocenters. The number of thioether (sulfide) groups is 1. The Morgan fingerprint density at radius 1 is 0.880 bits per heavy atom. The molecule has 0 bridgehead atoms. The normalized spacial score (nSPS) is 28.2. The van der Waals surface area contributed by atoms with Crippen molar-refractivity contribution in [1.82, 2.24) is 0 Å². The molecule has 0 spiro atoms. The fourth-order valence-corrected chi connectivity index (χ4v) is 2.59. The van der Waals surface area contributed by atoms with Crippen LogP contribution in [0.15, 0.2) is 23.6 Å². The first-order valence-corrected chi connectivity index (χ1v) is 7.86.